The van der Waals surface area contributed by atoms with Gasteiger partial charge in [-0.05, 0) is 55.7 Å². The summed E-state index contributed by atoms with van der Waals surface area (Å²) in [5.41, 5.74) is 0.815. The van der Waals surface area contributed by atoms with Gasteiger partial charge in [0, 0.05) is 25.4 Å². The number of rotatable bonds is 7. The summed E-state index contributed by atoms with van der Waals surface area (Å²) in [6.45, 7) is 2.93. The highest BCUT2D eigenvalue weighted by atomic mass is 32.2. The van der Waals surface area contributed by atoms with Gasteiger partial charge in [0.2, 0.25) is 10.0 Å². The van der Waals surface area contributed by atoms with Crippen molar-refractivity contribution in [1.82, 2.24) is 9.62 Å². The summed E-state index contributed by atoms with van der Waals surface area (Å²) in [5.74, 6) is 0.0658. The van der Waals surface area contributed by atoms with Gasteiger partial charge in [-0.2, -0.15) is 0 Å². The minimum Gasteiger partial charge on any atom is -0.496 e. The Balaban J connectivity index is 1.85. The van der Waals surface area contributed by atoms with Crippen LogP contribution in [0.2, 0.25) is 0 Å². The van der Waals surface area contributed by atoms with Crippen LogP contribution in [0.15, 0.2) is 52.3 Å². The second-order valence-corrected chi connectivity index (χ2v) is 11.3. The molecule has 1 aliphatic rings. The van der Waals surface area contributed by atoms with Gasteiger partial charge < -0.3 is 9.64 Å². The Morgan fingerprint density at radius 1 is 1.00 bits per heavy atom. The predicted molar refractivity (Wildman–Crippen MR) is 116 cm³/mol. The van der Waals surface area contributed by atoms with Gasteiger partial charge >= 0.3 is 0 Å². The molecule has 0 aromatic heterocycles. The number of sulfone groups is 1. The summed E-state index contributed by atoms with van der Waals surface area (Å²) in [7, 11) is -5.85. The molecule has 0 saturated carbocycles. The van der Waals surface area contributed by atoms with Crippen LogP contribution in [-0.4, -0.2) is 54.1 Å². The number of hydrogen-bond acceptors (Lipinski definition) is 6. The Morgan fingerprint density at radius 3 is 2.13 bits per heavy atom. The van der Waals surface area contributed by atoms with Crippen molar-refractivity contribution in [2.24, 2.45) is 0 Å². The molecule has 31 heavy (non-hydrogen) atoms. The molecule has 1 heterocycles. The van der Waals surface area contributed by atoms with E-state index in [1.807, 2.05) is 0 Å². The number of benzene rings is 2. The van der Waals surface area contributed by atoms with Crippen LogP contribution in [-0.2, 0) is 19.9 Å². The zero-order valence-corrected chi connectivity index (χ0v) is 19.3. The first-order valence-corrected chi connectivity index (χ1v) is 13.2. The second-order valence-electron chi connectivity index (χ2n) is 7.55. The molecule has 3 rings (SSSR count). The minimum atomic E-state index is -3.95. The Hall–Kier alpha value is -2.43. The first-order chi connectivity index (χ1) is 14.5. The summed E-state index contributed by atoms with van der Waals surface area (Å²) >= 11 is 0. The van der Waals surface area contributed by atoms with Crippen LogP contribution < -0.4 is 9.46 Å². The summed E-state index contributed by atoms with van der Waals surface area (Å²) in [6, 6.07) is 9.61. The number of amides is 1. The van der Waals surface area contributed by atoms with Crippen LogP contribution in [0, 0.1) is 0 Å². The molecule has 1 N–H and O–H groups in total. The molecule has 1 fully saturated rings. The van der Waals surface area contributed by atoms with Gasteiger partial charge in [0.15, 0.2) is 9.84 Å². The number of ether oxygens (including phenoxy) is 1. The Bertz CT molecular complexity index is 1170. The van der Waals surface area contributed by atoms with Crippen molar-refractivity contribution in [2.45, 2.75) is 35.6 Å². The number of nitrogens with zero attached hydrogens (tertiary/aromatic N) is 1. The van der Waals surface area contributed by atoms with E-state index in [4.69, 9.17) is 4.74 Å². The topological polar surface area (TPSA) is 110 Å². The van der Waals surface area contributed by atoms with Crippen molar-refractivity contribution in [1.29, 1.82) is 0 Å². The summed E-state index contributed by atoms with van der Waals surface area (Å²) in [4.78, 5) is 14.6. The van der Waals surface area contributed by atoms with Crippen molar-refractivity contribution in [3.8, 4) is 5.75 Å². The average molecular weight is 467 g/mol. The summed E-state index contributed by atoms with van der Waals surface area (Å²) in [5, 5.41) is 0. The molecule has 1 saturated heterocycles. The lowest BCUT2D eigenvalue weighted by Crippen LogP contribution is -2.29. The Kier molecular flexibility index (Phi) is 6.73. The molecule has 0 unspecified atom stereocenters. The monoisotopic (exact) mass is 466 g/mol. The molecule has 10 heteroatoms. The van der Waals surface area contributed by atoms with Gasteiger partial charge in [-0.1, -0.05) is 12.1 Å². The van der Waals surface area contributed by atoms with E-state index in [2.05, 4.69) is 4.72 Å². The van der Waals surface area contributed by atoms with Crippen LogP contribution >= 0.6 is 0 Å². The maximum absolute atomic E-state index is 13.0. The van der Waals surface area contributed by atoms with Gasteiger partial charge in [-0.25, -0.2) is 21.6 Å². The van der Waals surface area contributed by atoms with Gasteiger partial charge in [0.05, 0.1) is 22.5 Å². The van der Waals surface area contributed by atoms with E-state index in [1.165, 1.54) is 37.4 Å². The van der Waals surface area contributed by atoms with E-state index in [1.54, 1.807) is 24.0 Å². The van der Waals surface area contributed by atoms with Gasteiger partial charge in [-0.15, -0.1) is 0 Å². The largest absolute Gasteiger partial charge is 0.496 e. The fourth-order valence-corrected chi connectivity index (χ4v) is 5.37. The smallest absolute Gasteiger partial charge is 0.257 e. The van der Waals surface area contributed by atoms with Crippen molar-refractivity contribution in [2.75, 3.05) is 26.5 Å². The third-order valence-electron chi connectivity index (χ3n) is 5.25. The van der Waals surface area contributed by atoms with Crippen LogP contribution in [0.4, 0.5) is 0 Å². The van der Waals surface area contributed by atoms with E-state index in [9.17, 15) is 21.6 Å². The standard InChI is InChI=1S/C21H26N2O6S2/c1-15(16-6-8-17(9-7-16)30(3,25)26)22-31(27,28)18-10-11-20(29-2)19(14-18)21(24)23-12-4-5-13-23/h6-11,14-15,22H,4-5,12-13H2,1-3H3/t15-/m0/s1. The lowest BCUT2D eigenvalue weighted by atomic mass is 10.1. The maximum Gasteiger partial charge on any atom is 0.257 e. The number of methoxy groups -OCH3 is 1. The molecule has 1 atom stereocenters. The van der Waals surface area contributed by atoms with Gasteiger partial charge in [0.1, 0.15) is 5.75 Å². The summed E-state index contributed by atoms with van der Waals surface area (Å²) < 4.78 is 57.0. The SMILES string of the molecule is COc1ccc(S(=O)(=O)N[C@@H](C)c2ccc(S(C)(=O)=O)cc2)cc1C(=O)N1CCCC1. The quantitative estimate of drug-likeness (QED) is 0.671. The number of sulfonamides is 1. The van der Waals surface area contributed by atoms with Crippen molar-refractivity contribution >= 4 is 25.8 Å². The fraction of sp³-hybridized carbons (Fsp3) is 0.381. The van der Waals surface area contributed by atoms with E-state index in [0.717, 1.165) is 19.1 Å². The number of nitrogens with one attached hydrogen (secondary N) is 1. The summed E-state index contributed by atoms with van der Waals surface area (Å²) in [6.07, 6.45) is 2.95. The molecule has 1 amide bonds. The van der Waals surface area contributed by atoms with Crippen molar-refractivity contribution < 1.29 is 26.4 Å². The molecule has 2 aromatic carbocycles. The maximum atomic E-state index is 13.0. The highest BCUT2D eigenvalue weighted by molar-refractivity contribution is 7.90. The van der Waals surface area contributed by atoms with Gasteiger partial charge in [0.25, 0.3) is 5.91 Å². The normalized spacial score (nSPS) is 15.6. The Labute approximate surface area is 183 Å². The van der Waals surface area contributed by atoms with E-state index in [0.29, 0.717) is 24.4 Å². The third kappa shape index (κ3) is 5.25. The zero-order valence-electron chi connectivity index (χ0n) is 17.7. The van der Waals surface area contributed by atoms with Crippen LogP contribution in [0.1, 0.15) is 41.7 Å². The second kappa shape index (κ2) is 8.97. The molecule has 168 valence electrons. The molecule has 0 radical (unpaired) electrons. The Morgan fingerprint density at radius 2 is 1.58 bits per heavy atom. The predicted octanol–water partition coefficient (Wildman–Crippen LogP) is 2.37. The van der Waals surface area contributed by atoms with E-state index >= 15 is 0 Å². The van der Waals surface area contributed by atoms with E-state index in [-0.39, 0.29) is 21.3 Å². The average Bonchev–Trinajstić information content (AvgIpc) is 3.26. The number of hydrogen-bond donors (Lipinski definition) is 1. The lowest BCUT2D eigenvalue weighted by molar-refractivity contribution is 0.0789. The molecular weight excluding hydrogens is 440 g/mol. The molecule has 8 nitrogen and oxygen atoms in total. The van der Waals surface area contributed by atoms with E-state index < -0.39 is 25.9 Å². The molecule has 2 aromatic rings. The molecule has 0 bridgehead atoms. The first-order valence-electron chi connectivity index (χ1n) is 9.82. The third-order valence-corrected chi connectivity index (χ3v) is 7.91. The first kappa shape index (κ1) is 23.2. The van der Waals surface area contributed by atoms with Crippen molar-refractivity contribution in [3.05, 3.63) is 53.6 Å². The lowest BCUT2D eigenvalue weighted by Gasteiger charge is -2.19. The van der Waals surface area contributed by atoms with Crippen LogP contribution in [0.5, 0.6) is 5.75 Å². The highest BCUT2D eigenvalue weighted by Crippen LogP contribution is 2.26. The molecule has 0 aliphatic carbocycles. The van der Waals surface area contributed by atoms with Crippen molar-refractivity contribution in [3.63, 3.8) is 0 Å². The van der Waals surface area contributed by atoms with Crippen LogP contribution in [0.3, 0.4) is 0 Å². The van der Waals surface area contributed by atoms with Gasteiger partial charge in [-0.3, -0.25) is 4.79 Å². The fourth-order valence-electron chi connectivity index (χ4n) is 3.48. The highest BCUT2D eigenvalue weighted by Gasteiger charge is 2.26. The minimum absolute atomic E-state index is 0.0459. The number of carbonyl (C=O) groups is 1. The van der Waals surface area contributed by atoms with Crippen LogP contribution in [0.25, 0.3) is 0 Å². The number of likely N-dealkylation sites (tertiary alicyclic amines) is 1. The number of carbonyl (C=O) groups excluding carboxylic acids is 1. The zero-order chi connectivity index (χ0) is 22.8. The molecule has 0 spiro atoms. The molecular formula is C21H26N2O6S2. The molecule has 1 aliphatic heterocycles.